The summed E-state index contributed by atoms with van der Waals surface area (Å²) >= 11 is 7.41. The average Bonchev–Trinajstić information content (AvgIpc) is 2.74. The van der Waals surface area contributed by atoms with Gasteiger partial charge in [0, 0.05) is 15.7 Å². The van der Waals surface area contributed by atoms with Crippen LogP contribution in [0.15, 0.2) is 78.9 Å². The van der Waals surface area contributed by atoms with Crippen LogP contribution >= 0.6 is 34.8 Å². The third-order valence-corrected chi connectivity index (χ3v) is 5.15. The maximum absolute atomic E-state index is 12.6. The summed E-state index contributed by atoms with van der Waals surface area (Å²) < 4.78 is 0.955. The first-order valence-electron chi connectivity index (χ1n) is 9.32. The van der Waals surface area contributed by atoms with E-state index in [1.54, 1.807) is 36.4 Å². The Labute approximate surface area is 194 Å². The number of carbonyl (C=O) groups excluding carboxylic acids is 2. The molecule has 0 radical (unpaired) electrons. The normalized spacial score (nSPS) is 10.2. The van der Waals surface area contributed by atoms with Crippen LogP contribution < -0.4 is 16.0 Å². The zero-order valence-corrected chi connectivity index (χ0v) is 19.0. The molecule has 0 saturated heterocycles. The molecule has 0 aliphatic carbocycles. The molecule has 0 heterocycles. The molecule has 3 aromatic carbocycles. The van der Waals surface area contributed by atoms with Gasteiger partial charge in [0.15, 0.2) is 5.11 Å². The van der Waals surface area contributed by atoms with Crippen molar-refractivity contribution in [2.24, 2.45) is 0 Å². The Kier molecular flexibility index (Phi) is 7.92. The van der Waals surface area contributed by atoms with Crippen molar-refractivity contribution < 1.29 is 9.59 Å². The third-order valence-electron chi connectivity index (χ3n) is 4.28. The van der Waals surface area contributed by atoms with Gasteiger partial charge < -0.3 is 10.6 Å². The number of amides is 2. The number of halogens is 1. The van der Waals surface area contributed by atoms with E-state index >= 15 is 0 Å². The van der Waals surface area contributed by atoms with E-state index in [1.807, 2.05) is 42.5 Å². The summed E-state index contributed by atoms with van der Waals surface area (Å²) in [5.74, 6) is -0.517. The van der Waals surface area contributed by atoms with E-state index in [9.17, 15) is 9.59 Å². The summed E-state index contributed by atoms with van der Waals surface area (Å²) in [6, 6.07) is 24.2. The van der Waals surface area contributed by atoms with E-state index in [0.717, 1.165) is 15.6 Å². The largest absolute Gasteiger partial charge is 0.352 e. The summed E-state index contributed by atoms with van der Waals surface area (Å²) in [5.41, 5.74) is 2.65. The van der Waals surface area contributed by atoms with Crippen LogP contribution in [0.2, 0.25) is 0 Å². The Morgan fingerprint density at radius 1 is 0.867 bits per heavy atom. The Hall–Kier alpha value is -2.78. The average molecular weight is 529 g/mol. The molecule has 0 fully saturated rings. The number of nitrogens with one attached hydrogen (secondary N) is 3. The predicted octanol–water partition coefficient (Wildman–Crippen LogP) is 4.39. The van der Waals surface area contributed by atoms with Crippen LogP contribution in [-0.2, 0) is 6.42 Å². The van der Waals surface area contributed by atoms with Crippen LogP contribution in [0.1, 0.15) is 26.3 Å². The summed E-state index contributed by atoms with van der Waals surface area (Å²) in [4.78, 5) is 25.0. The Morgan fingerprint density at radius 3 is 2.37 bits per heavy atom. The van der Waals surface area contributed by atoms with Gasteiger partial charge in [-0.2, -0.15) is 0 Å². The highest BCUT2D eigenvalue weighted by molar-refractivity contribution is 14.1. The maximum atomic E-state index is 12.6. The second-order valence-corrected chi connectivity index (χ2v) is 8.11. The molecule has 0 unspecified atom stereocenters. The van der Waals surface area contributed by atoms with Gasteiger partial charge >= 0.3 is 0 Å². The van der Waals surface area contributed by atoms with Gasteiger partial charge in [0.05, 0.1) is 11.3 Å². The van der Waals surface area contributed by atoms with Crippen LogP contribution in [0.4, 0.5) is 5.69 Å². The molecule has 3 N–H and O–H groups in total. The lowest BCUT2D eigenvalue weighted by Crippen LogP contribution is -2.35. The fourth-order valence-corrected chi connectivity index (χ4v) is 3.55. The van der Waals surface area contributed by atoms with Gasteiger partial charge in [0.1, 0.15) is 0 Å². The summed E-state index contributed by atoms with van der Waals surface area (Å²) in [6.07, 6.45) is 0.743. The van der Waals surface area contributed by atoms with E-state index in [0.29, 0.717) is 23.4 Å². The van der Waals surface area contributed by atoms with Gasteiger partial charge in [-0.1, -0.05) is 48.5 Å². The molecule has 3 aromatic rings. The van der Waals surface area contributed by atoms with Crippen LogP contribution in [0.25, 0.3) is 0 Å². The van der Waals surface area contributed by atoms with Gasteiger partial charge in [-0.15, -0.1) is 0 Å². The van der Waals surface area contributed by atoms with Crippen molar-refractivity contribution in [3.63, 3.8) is 0 Å². The number of carbonyl (C=O) groups is 2. The molecule has 152 valence electrons. The second kappa shape index (κ2) is 10.8. The lowest BCUT2D eigenvalue weighted by atomic mass is 10.1. The van der Waals surface area contributed by atoms with Gasteiger partial charge in [0.2, 0.25) is 0 Å². The second-order valence-electron chi connectivity index (χ2n) is 6.46. The lowest BCUT2D eigenvalue weighted by Gasteiger charge is -2.14. The zero-order valence-electron chi connectivity index (χ0n) is 16.0. The minimum atomic E-state index is -0.309. The molecule has 7 heteroatoms. The highest BCUT2D eigenvalue weighted by Crippen LogP contribution is 2.15. The minimum Gasteiger partial charge on any atom is -0.352 e. The molecular weight excluding hydrogens is 509 g/mol. The van der Waals surface area contributed by atoms with Crippen LogP contribution in [0.5, 0.6) is 0 Å². The number of thiocarbonyl (C=S) groups is 1. The van der Waals surface area contributed by atoms with Crippen molar-refractivity contribution >= 4 is 57.4 Å². The molecule has 0 spiro atoms. The summed E-state index contributed by atoms with van der Waals surface area (Å²) in [5, 5.41) is 8.65. The van der Waals surface area contributed by atoms with Crippen LogP contribution in [0, 0.1) is 3.57 Å². The van der Waals surface area contributed by atoms with Crippen LogP contribution in [0.3, 0.4) is 0 Å². The number of benzene rings is 3. The fraction of sp³-hybridized carbons (Fsp3) is 0.0870. The monoisotopic (exact) mass is 529 g/mol. The number of hydrogen-bond donors (Lipinski definition) is 3. The smallest absolute Gasteiger partial charge is 0.257 e. The highest BCUT2D eigenvalue weighted by atomic mass is 127. The predicted molar refractivity (Wildman–Crippen MR) is 132 cm³/mol. The minimum absolute atomic E-state index is 0.128. The molecule has 5 nitrogen and oxygen atoms in total. The molecule has 0 aromatic heterocycles. The van der Waals surface area contributed by atoms with E-state index < -0.39 is 0 Å². The summed E-state index contributed by atoms with van der Waals surface area (Å²) in [7, 11) is 0. The van der Waals surface area contributed by atoms with Crippen molar-refractivity contribution in [2.75, 3.05) is 11.9 Å². The van der Waals surface area contributed by atoms with E-state index in [-0.39, 0.29) is 16.9 Å². The van der Waals surface area contributed by atoms with E-state index in [2.05, 4.69) is 38.5 Å². The van der Waals surface area contributed by atoms with Crippen molar-refractivity contribution in [3.05, 3.63) is 99.1 Å². The molecule has 2 amide bonds. The maximum Gasteiger partial charge on any atom is 0.257 e. The van der Waals surface area contributed by atoms with Crippen molar-refractivity contribution in [2.45, 2.75) is 6.42 Å². The number of para-hydroxylation sites is 1. The molecule has 30 heavy (non-hydrogen) atoms. The standard InChI is InChI=1S/C23H20IN3O2S/c24-18-10-6-9-17(15-18)21(28)27-23(30)26-20-12-5-4-11-19(20)22(29)25-14-13-16-7-2-1-3-8-16/h1-12,15H,13-14H2,(H,25,29)(H2,26,27,28,30). The number of rotatable bonds is 6. The Balaban J connectivity index is 1.59. The molecule has 0 saturated carbocycles. The Bertz CT molecular complexity index is 1060. The lowest BCUT2D eigenvalue weighted by molar-refractivity contribution is 0.0953. The van der Waals surface area contributed by atoms with E-state index in [1.165, 1.54) is 0 Å². The van der Waals surface area contributed by atoms with Crippen molar-refractivity contribution in [3.8, 4) is 0 Å². The molecule has 3 rings (SSSR count). The Morgan fingerprint density at radius 2 is 1.60 bits per heavy atom. The first-order chi connectivity index (χ1) is 14.5. The molecule has 0 aliphatic heterocycles. The van der Waals surface area contributed by atoms with Crippen molar-refractivity contribution in [1.29, 1.82) is 0 Å². The van der Waals surface area contributed by atoms with E-state index in [4.69, 9.17) is 12.2 Å². The zero-order chi connectivity index (χ0) is 21.3. The first-order valence-corrected chi connectivity index (χ1v) is 10.8. The first kappa shape index (κ1) is 21.9. The van der Waals surface area contributed by atoms with Gasteiger partial charge in [0.25, 0.3) is 11.8 Å². The van der Waals surface area contributed by atoms with Gasteiger partial charge in [-0.3, -0.25) is 14.9 Å². The van der Waals surface area contributed by atoms with Gasteiger partial charge in [-0.25, -0.2) is 0 Å². The number of hydrogen-bond acceptors (Lipinski definition) is 3. The molecule has 0 atom stereocenters. The third kappa shape index (κ3) is 6.36. The van der Waals surface area contributed by atoms with Crippen LogP contribution in [-0.4, -0.2) is 23.5 Å². The van der Waals surface area contributed by atoms with Gasteiger partial charge in [-0.05, 0) is 77.1 Å². The molecule has 0 aliphatic rings. The topological polar surface area (TPSA) is 70.2 Å². The quantitative estimate of drug-likeness (QED) is 0.328. The van der Waals surface area contributed by atoms with Crippen molar-refractivity contribution in [1.82, 2.24) is 10.6 Å². The highest BCUT2D eigenvalue weighted by Gasteiger charge is 2.13. The molecular formula is C23H20IN3O2S. The SMILES string of the molecule is O=C(NC(=S)Nc1ccccc1C(=O)NCCc1ccccc1)c1cccc(I)c1. The molecule has 0 bridgehead atoms. The number of anilines is 1. The summed E-state index contributed by atoms with van der Waals surface area (Å²) in [6.45, 7) is 0.519. The fourth-order valence-electron chi connectivity index (χ4n) is 2.81.